The molecule has 0 saturated heterocycles. The predicted molar refractivity (Wildman–Crippen MR) is 54.2 cm³/mol. The van der Waals surface area contributed by atoms with Gasteiger partial charge in [0, 0.05) is 12.6 Å². The molecule has 1 fully saturated rings. The van der Waals surface area contributed by atoms with Crippen molar-refractivity contribution >= 4 is 0 Å². The van der Waals surface area contributed by atoms with Crippen LogP contribution in [0.5, 0.6) is 0 Å². The number of nitrogens with one attached hydrogen (secondary N) is 1. The molecule has 1 aliphatic carbocycles. The number of hydrogen-bond acceptors (Lipinski definition) is 4. The van der Waals surface area contributed by atoms with Crippen LogP contribution in [0.1, 0.15) is 25.7 Å². The van der Waals surface area contributed by atoms with Crippen LogP contribution in [0.4, 0.5) is 0 Å². The summed E-state index contributed by atoms with van der Waals surface area (Å²) >= 11 is 0. The Morgan fingerprint density at radius 1 is 1.29 bits per heavy atom. The maximum atomic E-state index is 9.50. The fourth-order valence-corrected chi connectivity index (χ4v) is 1.81. The van der Waals surface area contributed by atoms with Gasteiger partial charge in [-0.3, -0.25) is 0 Å². The van der Waals surface area contributed by atoms with E-state index in [4.69, 9.17) is 9.84 Å². The maximum Gasteiger partial charge on any atom is 0.0697 e. The molecule has 0 spiro atoms. The van der Waals surface area contributed by atoms with E-state index >= 15 is 0 Å². The molecule has 0 aromatic heterocycles. The molecular weight excluding hydrogens is 182 g/mol. The second-order valence-electron chi connectivity index (χ2n) is 3.75. The Kier molecular flexibility index (Phi) is 6.10. The van der Waals surface area contributed by atoms with Gasteiger partial charge < -0.3 is 20.3 Å². The summed E-state index contributed by atoms with van der Waals surface area (Å²) in [5, 5.41) is 21.3. The molecule has 0 aromatic carbocycles. The van der Waals surface area contributed by atoms with E-state index in [0.29, 0.717) is 13.2 Å². The summed E-state index contributed by atoms with van der Waals surface area (Å²) in [6.45, 7) is 2.07. The lowest BCUT2D eigenvalue weighted by atomic mass is 10.2. The van der Waals surface area contributed by atoms with Crippen LogP contribution in [0, 0.1) is 0 Å². The van der Waals surface area contributed by atoms with Crippen LogP contribution in [0.3, 0.4) is 0 Å². The van der Waals surface area contributed by atoms with Crippen molar-refractivity contribution in [1.82, 2.24) is 5.32 Å². The van der Waals surface area contributed by atoms with Gasteiger partial charge in [-0.05, 0) is 32.2 Å². The standard InChI is InChI=1S/C10H21NO3/c12-6-8-14-7-2-5-11-9-3-1-4-10(9)13/h9-13H,1-8H2/t9-,10-/m1/s1. The Labute approximate surface area is 85.3 Å². The van der Waals surface area contributed by atoms with Gasteiger partial charge >= 0.3 is 0 Å². The summed E-state index contributed by atoms with van der Waals surface area (Å²) in [5.74, 6) is 0. The zero-order valence-corrected chi connectivity index (χ0v) is 8.61. The van der Waals surface area contributed by atoms with E-state index in [1.54, 1.807) is 0 Å². The van der Waals surface area contributed by atoms with E-state index in [0.717, 1.165) is 32.2 Å². The van der Waals surface area contributed by atoms with E-state index in [2.05, 4.69) is 5.32 Å². The fraction of sp³-hybridized carbons (Fsp3) is 1.00. The third-order valence-electron chi connectivity index (χ3n) is 2.59. The fourth-order valence-electron chi connectivity index (χ4n) is 1.81. The van der Waals surface area contributed by atoms with Gasteiger partial charge in [-0.25, -0.2) is 0 Å². The van der Waals surface area contributed by atoms with Gasteiger partial charge in [-0.1, -0.05) is 0 Å². The number of aliphatic hydroxyl groups is 2. The minimum absolute atomic E-state index is 0.0920. The van der Waals surface area contributed by atoms with E-state index in [1.165, 1.54) is 0 Å². The predicted octanol–water partition coefficient (Wildman–Crippen LogP) is -0.112. The van der Waals surface area contributed by atoms with E-state index in [-0.39, 0.29) is 18.8 Å². The van der Waals surface area contributed by atoms with Crippen molar-refractivity contribution in [3.63, 3.8) is 0 Å². The van der Waals surface area contributed by atoms with Crippen LogP contribution in [-0.2, 0) is 4.74 Å². The molecule has 0 aliphatic heterocycles. The van der Waals surface area contributed by atoms with Crippen LogP contribution >= 0.6 is 0 Å². The van der Waals surface area contributed by atoms with Crippen LogP contribution in [0.25, 0.3) is 0 Å². The van der Waals surface area contributed by atoms with Crippen LogP contribution in [0.15, 0.2) is 0 Å². The summed E-state index contributed by atoms with van der Waals surface area (Å²) in [5.41, 5.74) is 0. The third-order valence-corrected chi connectivity index (χ3v) is 2.59. The average Bonchev–Trinajstić information content (AvgIpc) is 2.58. The zero-order valence-electron chi connectivity index (χ0n) is 8.61. The largest absolute Gasteiger partial charge is 0.394 e. The molecule has 0 aromatic rings. The zero-order chi connectivity index (χ0) is 10.2. The van der Waals surface area contributed by atoms with Gasteiger partial charge in [-0.2, -0.15) is 0 Å². The Hall–Kier alpha value is -0.160. The van der Waals surface area contributed by atoms with Gasteiger partial charge in [-0.15, -0.1) is 0 Å². The molecule has 0 heterocycles. The quantitative estimate of drug-likeness (QED) is 0.505. The Bertz CT molecular complexity index is 143. The average molecular weight is 203 g/mol. The monoisotopic (exact) mass is 203 g/mol. The molecule has 3 N–H and O–H groups in total. The first-order valence-electron chi connectivity index (χ1n) is 5.44. The molecule has 0 unspecified atom stereocenters. The van der Waals surface area contributed by atoms with Crippen LogP contribution in [-0.4, -0.2) is 48.7 Å². The van der Waals surface area contributed by atoms with Crippen molar-refractivity contribution < 1.29 is 14.9 Å². The first-order chi connectivity index (χ1) is 6.84. The first kappa shape index (κ1) is 11.9. The molecule has 0 radical (unpaired) electrons. The van der Waals surface area contributed by atoms with Gasteiger partial charge in [0.25, 0.3) is 0 Å². The first-order valence-corrected chi connectivity index (χ1v) is 5.44. The summed E-state index contributed by atoms with van der Waals surface area (Å²) < 4.78 is 5.12. The molecule has 1 aliphatic rings. The van der Waals surface area contributed by atoms with Crippen molar-refractivity contribution in [3.8, 4) is 0 Å². The normalized spacial score (nSPS) is 27.0. The molecular formula is C10H21NO3. The second kappa shape index (κ2) is 7.17. The number of rotatable bonds is 7. The van der Waals surface area contributed by atoms with E-state index in [1.807, 2.05) is 0 Å². The topological polar surface area (TPSA) is 61.7 Å². The summed E-state index contributed by atoms with van der Waals surface area (Å²) in [6, 6.07) is 0.285. The Morgan fingerprint density at radius 2 is 2.14 bits per heavy atom. The molecule has 14 heavy (non-hydrogen) atoms. The third kappa shape index (κ3) is 4.37. The Balaban J connectivity index is 1.88. The van der Waals surface area contributed by atoms with Crippen molar-refractivity contribution in [2.75, 3.05) is 26.4 Å². The van der Waals surface area contributed by atoms with Crippen molar-refractivity contribution in [1.29, 1.82) is 0 Å². The van der Waals surface area contributed by atoms with Crippen molar-refractivity contribution in [2.24, 2.45) is 0 Å². The molecule has 2 atom stereocenters. The lowest BCUT2D eigenvalue weighted by Crippen LogP contribution is -2.36. The number of hydrogen-bond donors (Lipinski definition) is 3. The molecule has 4 nitrogen and oxygen atoms in total. The summed E-state index contributed by atoms with van der Waals surface area (Å²) in [7, 11) is 0. The minimum Gasteiger partial charge on any atom is -0.394 e. The molecule has 1 saturated carbocycles. The summed E-state index contributed by atoms with van der Waals surface area (Å²) in [4.78, 5) is 0. The highest BCUT2D eigenvalue weighted by atomic mass is 16.5. The SMILES string of the molecule is OCCOCCCN[C@@H]1CCC[C@H]1O. The smallest absolute Gasteiger partial charge is 0.0697 e. The second-order valence-corrected chi connectivity index (χ2v) is 3.75. The van der Waals surface area contributed by atoms with Gasteiger partial charge in [0.1, 0.15) is 0 Å². The maximum absolute atomic E-state index is 9.50. The lowest BCUT2D eigenvalue weighted by molar-refractivity contribution is 0.0887. The molecule has 0 amide bonds. The number of ether oxygens (including phenoxy) is 1. The Morgan fingerprint density at radius 3 is 2.79 bits per heavy atom. The van der Waals surface area contributed by atoms with Gasteiger partial charge in [0.15, 0.2) is 0 Å². The minimum atomic E-state index is -0.159. The molecule has 1 rings (SSSR count). The number of aliphatic hydroxyl groups excluding tert-OH is 2. The molecule has 4 heteroatoms. The highest BCUT2D eigenvalue weighted by Gasteiger charge is 2.23. The van der Waals surface area contributed by atoms with Crippen LogP contribution in [0.2, 0.25) is 0 Å². The molecule has 84 valence electrons. The van der Waals surface area contributed by atoms with Crippen molar-refractivity contribution in [3.05, 3.63) is 0 Å². The molecule has 0 bridgehead atoms. The highest BCUT2D eigenvalue weighted by molar-refractivity contribution is 4.82. The summed E-state index contributed by atoms with van der Waals surface area (Å²) in [6.07, 6.45) is 3.91. The van der Waals surface area contributed by atoms with E-state index < -0.39 is 0 Å². The van der Waals surface area contributed by atoms with Gasteiger partial charge in [0.05, 0.1) is 19.3 Å². The highest BCUT2D eigenvalue weighted by Crippen LogP contribution is 2.18. The van der Waals surface area contributed by atoms with Crippen molar-refractivity contribution in [2.45, 2.75) is 37.8 Å². The van der Waals surface area contributed by atoms with Gasteiger partial charge in [0.2, 0.25) is 0 Å². The van der Waals surface area contributed by atoms with E-state index in [9.17, 15) is 5.11 Å². The van der Waals surface area contributed by atoms with Crippen LogP contribution < -0.4 is 5.32 Å². The lowest BCUT2D eigenvalue weighted by Gasteiger charge is -2.16.